The van der Waals surface area contributed by atoms with E-state index in [9.17, 15) is 8.42 Å². The maximum absolute atomic E-state index is 12.5. The third-order valence-electron chi connectivity index (χ3n) is 4.02. The van der Waals surface area contributed by atoms with Crippen LogP contribution in [0.2, 0.25) is 0 Å². The maximum Gasteiger partial charge on any atom is 0.241 e. The Morgan fingerprint density at radius 2 is 1.91 bits per heavy atom. The lowest BCUT2D eigenvalue weighted by Crippen LogP contribution is -2.31. The van der Waals surface area contributed by atoms with E-state index in [1.807, 2.05) is 18.2 Å². The predicted octanol–water partition coefficient (Wildman–Crippen LogP) is 3.05. The summed E-state index contributed by atoms with van der Waals surface area (Å²) in [4.78, 5) is 0.302. The monoisotopic (exact) mass is 317 g/mol. The molecule has 22 heavy (non-hydrogen) atoms. The Morgan fingerprint density at radius 3 is 2.64 bits per heavy atom. The molecule has 0 spiro atoms. The molecule has 3 rings (SSSR count). The molecule has 0 amide bonds. The van der Waals surface area contributed by atoms with Gasteiger partial charge in [-0.25, -0.2) is 13.1 Å². The number of benzene rings is 2. The topological polar surface area (TPSA) is 55.4 Å². The number of rotatable bonds is 4. The molecular formula is C17H19NO3S. The van der Waals surface area contributed by atoms with Crippen molar-refractivity contribution in [3.8, 4) is 5.75 Å². The highest BCUT2D eigenvalue weighted by Crippen LogP contribution is 2.33. The number of fused-ring (bicyclic) bond motifs is 1. The van der Waals surface area contributed by atoms with Crippen molar-refractivity contribution in [1.82, 2.24) is 4.72 Å². The van der Waals surface area contributed by atoms with Gasteiger partial charge < -0.3 is 4.74 Å². The van der Waals surface area contributed by atoms with Crippen LogP contribution in [0.25, 0.3) is 0 Å². The van der Waals surface area contributed by atoms with Crippen molar-refractivity contribution in [2.24, 2.45) is 0 Å². The van der Waals surface area contributed by atoms with Crippen molar-refractivity contribution in [1.29, 1.82) is 0 Å². The average Bonchev–Trinajstić information content (AvgIpc) is 2.55. The number of hydrogen-bond donors (Lipinski definition) is 1. The molecular weight excluding hydrogens is 298 g/mol. The highest BCUT2D eigenvalue weighted by atomic mass is 32.2. The average molecular weight is 317 g/mol. The molecule has 0 saturated carbocycles. The smallest absolute Gasteiger partial charge is 0.241 e. The molecule has 1 aliphatic carbocycles. The van der Waals surface area contributed by atoms with Crippen molar-refractivity contribution >= 4 is 10.0 Å². The van der Waals surface area contributed by atoms with Crippen molar-refractivity contribution in [2.75, 3.05) is 7.11 Å². The summed E-state index contributed by atoms with van der Waals surface area (Å²) in [6, 6.07) is 14.2. The molecule has 1 atom stereocenters. The zero-order valence-electron chi connectivity index (χ0n) is 12.5. The molecule has 0 heterocycles. The maximum atomic E-state index is 12.5. The number of nitrogens with one attached hydrogen (secondary N) is 1. The third-order valence-corrected chi connectivity index (χ3v) is 5.50. The fourth-order valence-electron chi connectivity index (χ4n) is 2.90. The summed E-state index contributed by atoms with van der Waals surface area (Å²) in [6.45, 7) is 0. The molecule has 116 valence electrons. The summed E-state index contributed by atoms with van der Waals surface area (Å²) < 4.78 is 33.1. The molecule has 4 nitrogen and oxygen atoms in total. The Kier molecular flexibility index (Phi) is 4.18. The predicted molar refractivity (Wildman–Crippen MR) is 85.4 cm³/mol. The van der Waals surface area contributed by atoms with E-state index >= 15 is 0 Å². The Hall–Kier alpha value is -1.85. The second-order valence-electron chi connectivity index (χ2n) is 5.44. The highest BCUT2D eigenvalue weighted by Gasteiger charge is 2.25. The summed E-state index contributed by atoms with van der Waals surface area (Å²) in [5.41, 5.74) is 2.21. The minimum absolute atomic E-state index is 0.181. The van der Waals surface area contributed by atoms with Gasteiger partial charge in [0.15, 0.2) is 0 Å². The fraction of sp³-hybridized carbons (Fsp3) is 0.294. The molecule has 1 unspecified atom stereocenters. The molecule has 0 radical (unpaired) electrons. The normalized spacial score (nSPS) is 17.8. The van der Waals surface area contributed by atoms with E-state index in [1.165, 1.54) is 0 Å². The summed E-state index contributed by atoms with van der Waals surface area (Å²) >= 11 is 0. The number of sulfonamides is 1. The fourth-order valence-corrected chi connectivity index (χ4v) is 4.17. The largest absolute Gasteiger partial charge is 0.497 e. The van der Waals surface area contributed by atoms with Gasteiger partial charge in [-0.1, -0.05) is 24.3 Å². The van der Waals surface area contributed by atoms with Gasteiger partial charge in [-0.2, -0.15) is 0 Å². The van der Waals surface area contributed by atoms with Gasteiger partial charge in [-0.3, -0.25) is 0 Å². The molecule has 0 aliphatic heterocycles. The SMILES string of the molecule is COc1ccc2c(c1)CCCC2NS(=O)(=O)c1ccccc1. The van der Waals surface area contributed by atoms with Gasteiger partial charge in [0.1, 0.15) is 5.75 Å². The standard InChI is InChI=1S/C17H19NO3S/c1-21-14-10-11-16-13(12-14)6-5-9-17(16)18-22(19,20)15-7-3-2-4-8-15/h2-4,7-8,10-12,17-18H,5-6,9H2,1H3. The minimum Gasteiger partial charge on any atom is -0.497 e. The number of ether oxygens (including phenoxy) is 1. The van der Waals surface area contributed by atoms with Gasteiger partial charge in [0, 0.05) is 6.04 Å². The van der Waals surface area contributed by atoms with E-state index in [2.05, 4.69) is 4.72 Å². The molecule has 5 heteroatoms. The molecule has 0 saturated heterocycles. The van der Waals surface area contributed by atoms with Crippen molar-refractivity contribution in [3.05, 3.63) is 59.7 Å². The van der Waals surface area contributed by atoms with Crippen LogP contribution in [-0.2, 0) is 16.4 Å². The Morgan fingerprint density at radius 1 is 1.14 bits per heavy atom. The lowest BCUT2D eigenvalue weighted by molar-refractivity contribution is 0.412. The van der Waals surface area contributed by atoms with Crippen molar-refractivity contribution < 1.29 is 13.2 Å². The number of hydrogen-bond acceptors (Lipinski definition) is 3. The van der Waals surface area contributed by atoms with Crippen LogP contribution >= 0.6 is 0 Å². The molecule has 2 aromatic rings. The van der Waals surface area contributed by atoms with Crippen LogP contribution in [-0.4, -0.2) is 15.5 Å². The van der Waals surface area contributed by atoms with E-state index in [-0.39, 0.29) is 6.04 Å². The van der Waals surface area contributed by atoms with Gasteiger partial charge >= 0.3 is 0 Å². The second-order valence-corrected chi connectivity index (χ2v) is 7.16. The summed E-state index contributed by atoms with van der Waals surface area (Å²) in [5.74, 6) is 0.810. The van der Waals surface area contributed by atoms with E-state index in [0.29, 0.717) is 4.90 Å². The molecule has 0 fully saturated rings. The highest BCUT2D eigenvalue weighted by molar-refractivity contribution is 7.89. The van der Waals surface area contributed by atoms with Gasteiger partial charge in [-0.05, 0) is 54.7 Å². The first-order valence-corrected chi connectivity index (χ1v) is 8.82. The first-order chi connectivity index (χ1) is 10.6. The van der Waals surface area contributed by atoms with Crippen molar-refractivity contribution in [2.45, 2.75) is 30.2 Å². The van der Waals surface area contributed by atoms with Gasteiger partial charge in [0.2, 0.25) is 10.0 Å². The Labute approximate surface area is 131 Å². The zero-order chi connectivity index (χ0) is 15.6. The molecule has 1 aliphatic rings. The van der Waals surface area contributed by atoms with Crippen LogP contribution in [0.15, 0.2) is 53.4 Å². The summed E-state index contributed by atoms with van der Waals surface area (Å²) in [5, 5.41) is 0. The third kappa shape index (κ3) is 3.00. The second kappa shape index (κ2) is 6.10. The van der Waals surface area contributed by atoms with Crippen LogP contribution in [0.3, 0.4) is 0 Å². The van der Waals surface area contributed by atoms with Crippen LogP contribution in [0.5, 0.6) is 5.75 Å². The first kappa shape index (κ1) is 15.1. The van der Waals surface area contributed by atoms with E-state index in [1.54, 1.807) is 37.4 Å². The van der Waals surface area contributed by atoms with Gasteiger partial charge in [-0.15, -0.1) is 0 Å². The van der Waals surface area contributed by atoms with Crippen LogP contribution < -0.4 is 9.46 Å². The Balaban J connectivity index is 1.89. The van der Waals surface area contributed by atoms with Crippen LogP contribution in [0, 0.1) is 0 Å². The lowest BCUT2D eigenvalue weighted by atomic mass is 9.88. The zero-order valence-corrected chi connectivity index (χ0v) is 13.3. The van der Waals surface area contributed by atoms with E-state index in [4.69, 9.17) is 4.74 Å². The molecule has 0 aromatic heterocycles. The van der Waals surface area contributed by atoms with Crippen LogP contribution in [0.1, 0.15) is 30.0 Å². The van der Waals surface area contributed by atoms with Gasteiger partial charge in [0.05, 0.1) is 12.0 Å². The minimum atomic E-state index is -3.50. The molecule has 1 N–H and O–H groups in total. The van der Waals surface area contributed by atoms with E-state index < -0.39 is 10.0 Å². The number of methoxy groups -OCH3 is 1. The molecule has 0 bridgehead atoms. The quantitative estimate of drug-likeness (QED) is 0.943. The first-order valence-electron chi connectivity index (χ1n) is 7.34. The van der Waals surface area contributed by atoms with E-state index in [0.717, 1.165) is 36.1 Å². The van der Waals surface area contributed by atoms with Crippen LogP contribution in [0.4, 0.5) is 0 Å². The summed E-state index contributed by atoms with van der Waals surface area (Å²) in [7, 11) is -1.86. The summed E-state index contributed by atoms with van der Waals surface area (Å²) in [6.07, 6.45) is 2.73. The van der Waals surface area contributed by atoms with Crippen molar-refractivity contribution in [3.63, 3.8) is 0 Å². The lowest BCUT2D eigenvalue weighted by Gasteiger charge is -2.26. The number of aryl methyl sites for hydroxylation is 1. The Bertz CT molecular complexity index is 757. The van der Waals surface area contributed by atoms with Gasteiger partial charge in [0.25, 0.3) is 0 Å². The molecule has 2 aromatic carbocycles.